The third kappa shape index (κ3) is 3.73. The first-order valence-electron chi connectivity index (χ1n) is 7.10. The Morgan fingerprint density at radius 2 is 2.30 bits per heavy atom. The van der Waals surface area contributed by atoms with Crippen LogP contribution in [0.2, 0.25) is 0 Å². The van der Waals surface area contributed by atoms with Crippen LogP contribution in [0.25, 0.3) is 0 Å². The van der Waals surface area contributed by atoms with Crippen LogP contribution >= 0.6 is 12.4 Å². The number of hydrogen-bond donors (Lipinski definition) is 2. The highest BCUT2D eigenvalue weighted by Crippen LogP contribution is 2.19. The molecule has 1 unspecified atom stereocenters. The van der Waals surface area contributed by atoms with Crippen LogP contribution in [-0.2, 0) is 24.8 Å². The summed E-state index contributed by atoms with van der Waals surface area (Å²) in [5.41, 5.74) is 1.76. The smallest absolute Gasteiger partial charge is 0.240 e. The van der Waals surface area contributed by atoms with E-state index in [1.807, 2.05) is 20.2 Å². The Kier molecular flexibility index (Phi) is 6.02. The molecular formula is C14H25ClN4O. The maximum atomic E-state index is 12.3. The van der Waals surface area contributed by atoms with E-state index in [-0.39, 0.29) is 18.3 Å². The molecule has 1 atom stereocenters. The Labute approximate surface area is 126 Å². The number of rotatable bonds is 4. The zero-order valence-corrected chi connectivity index (χ0v) is 13.3. The van der Waals surface area contributed by atoms with E-state index < -0.39 is 5.54 Å². The molecule has 2 N–H and O–H groups in total. The second-order valence-corrected chi connectivity index (χ2v) is 5.53. The molecular weight excluding hydrogens is 276 g/mol. The van der Waals surface area contributed by atoms with Gasteiger partial charge in [-0.25, -0.2) is 0 Å². The topological polar surface area (TPSA) is 59.0 Å². The van der Waals surface area contributed by atoms with Crippen molar-refractivity contribution >= 4 is 18.3 Å². The second-order valence-electron chi connectivity index (χ2n) is 5.53. The third-order valence-electron chi connectivity index (χ3n) is 3.89. The van der Waals surface area contributed by atoms with Crippen molar-refractivity contribution < 1.29 is 4.79 Å². The van der Waals surface area contributed by atoms with E-state index in [2.05, 4.69) is 22.7 Å². The van der Waals surface area contributed by atoms with Gasteiger partial charge in [0.05, 0.1) is 11.2 Å². The summed E-state index contributed by atoms with van der Waals surface area (Å²) in [6, 6.07) is 0. The molecule has 1 fully saturated rings. The Balaban J connectivity index is 0.00000200. The molecule has 1 saturated heterocycles. The largest absolute Gasteiger partial charge is 0.350 e. The summed E-state index contributed by atoms with van der Waals surface area (Å²) >= 11 is 0. The van der Waals surface area contributed by atoms with Crippen LogP contribution in [0.15, 0.2) is 6.20 Å². The van der Waals surface area contributed by atoms with Gasteiger partial charge < -0.3 is 10.6 Å². The normalized spacial score (nSPS) is 22.1. The van der Waals surface area contributed by atoms with E-state index in [1.54, 1.807) is 4.68 Å². The van der Waals surface area contributed by atoms with Gasteiger partial charge in [-0.3, -0.25) is 9.48 Å². The van der Waals surface area contributed by atoms with E-state index >= 15 is 0 Å². The zero-order valence-electron chi connectivity index (χ0n) is 12.5. The average molecular weight is 301 g/mol. The summed E-state index contributed by atoms with van der Waals surface area (Å²) in [4.78, 5) is 12.3. The van der Waals surface area contributed by atoms with Gasteiger partial charge in [0.2, 0.25) is 5.91 Å². The van der Waals surface area contributed by atoms with Crippen molar-refractivity contribution in [3.8, 4) is 0 Å². The van der Waals surface area contributed by atoms with Gasteiger partial charge in [0.25, 0.3) is 0 Å². The maximum absolute atomic E-state index is 12.3. The molecule has 0 bridgehead atoms. The molecule has 2 heterocycles. The van der Waals surface area contributed by atoms with Gasteiger partial charge in [-0.05, 0) is 39.2 Å². The molecule has 20 heavy (non-hydrogen) atoms. The highest BCUT2D eigenvalue weighted by Gasteiger charge is 2.33. The fourth-order valence-corrected chi connectivity index (χ4v) is 2.65. The number of carbonyl (C=O) groups excluding carboxylic acids is 1. The van der Waals surface area contributed by atoms with Gasteiger partial charge in [-0.2, -0.15) is 5.10 Å². The molecule has 1 aliphatic rings. The van der Waals surface area contributed by atoms with E-state index in [4.69, 9.17) is 0 Å². The number of halogens is 1. The SMILES string of the molecule is CCc1nn(C)cc1CNC(=O)C1(C)CCCCN1.Cl. The van der Waals surface area contributed by atoms with Gasteiger partial charge in [0.15, 0.2) is 0 Å². The van der Waals surface area contributed by atoms with Crippen LogP contribution in [0.1, 0.15) is 44.4 Å². The predicted octanol–water partition coefficient (Wildman–Crippen LogP) is 1.55. The van der Waals surface area contributed by atoms with Crippen molar-refractivity contribution in [2.24, 2.45) is 7.05 Å². The summed E-state index contributed by atoms with van der Waals surface area (Å²) in [6.45, 7) is 5.56. The van der Waals surface area contributed by atoms with Crippen molar-refractivity contribution in [1.82, 2.24) is 20.4 Å². The standard InChI is InChI=1S/C14H24N4O.ClH/c1-4-12-11(10-18(3)17-12)9-15-13(19)14(2)7-5-6-8-16-14;/h10,16H,4-9H2,1-3H3,(H,15,19);1H. The Bertz CT molecular complexity index is 452. The van der Waals surface area contributed by atoms with Crippen molar-refractivity contribution in [2.45, 2.75) is 51.6 Å². The minimum absolute atomic E-state index is 0. The zero-order chi connectivity index (χ0) is 13.9. The summed E-state index contributed by atoms with van der Waals surface area (Å²) in [5, 5.41) is 10.8. The molecule has 0 radical (unpaired) electrons. The van der Waals surface area contributed by atoms with Crippen LogP contribution in [0, 0.1) is 0 Å². The Hall–Kier alpha value is -1.07. The number of carbonyl (C=O) groups is 1. The lowest BCUT2D eigenvalue weighted by molar-refractivity contribution is -0.128. The molecule has 0 aliphatic carbocycles. The number of amides is 1. The lowest BCUT2D eigenvalue weighted by Gasteiger charge is -2.33. The molecule has 0 spiro atoms. The van der Waals surface area contributed by atoms with E-state index in [0.717, 1.165) is 43.5 Å². The van der Waals surface area contributed by atoms with Gasteiger partial charge in [-0.1, -0.05) is 6.92 Å². The van der Waals surface area contributed by atoms with Gasteiger partial charge in [0.1, 0.15) is 0 Å². The van der Waals surface area contributed by atoms with E-state index in [1.165, 1.54) is 0 Å². The molecule has 6 heteroatoms. The Morgan fingerprint density at radius 3 is 2.90 bits per heavy atom. The number of hydrogen-bond acceptors (Lipinski definition) is 3. The quantitative estimate of drug-likeness (QED) is 0.887. The molecule has 1 aliphatic heterocycles. The van der Waals surface area contributed by atoms with E-state index in [0.29, 0.717) is 6.54 Å². The number of piperidine rings is 1. The fraction of sp³-hybridized carbons (Fsp3) is 0.714. The van der Waals surface area contributed by atoms with Crippen molar-refractivity contribution in [1.29, 1.82) is 0 Å². The lowest BCUT2D eigenvalue weighted by atomic mass is 9.90. The summed E-state index contributed by atoms with van der Waals surface area (Å²) < 4.78 is 1.81. The number of nitrogens with one attached hydrogen (secondary N) is 2. The number of nitrogens with zero attached hydrogens (tertiary/aromatic N) is 2. The lowest BCUT2D eigenvalue weighted by Crippen LogP contribution is -2.56. The monoisotopic (exact) mass is 300 g/mol. The first-order valence-corrected chi connectivity index (χ1v) is 7.10. The molecule has 1 aromatic heterocycles. The number of aromatic nitrogens is 2. The van der Waals surface area contributed by atoms with Crippen LogP contribution in [-0.4, -0.2) is 27.8 Å². The van der Waals surface area contributed by atoms with Crippen molar-refractivity contribution in [3.63, 3.8) is 0 Å². The highest BCUT2D eigenvalue weighted by atomic mass is 35.5. The Morgan fingerprint density at radius 1 is 1.55 bits per heavy atom. The predicted molar refractivity (Wildman–Crippen MR) is 81.9 cm³/mol. The van der Waals surface area contributed by atoms with Crippen molar-refractivity contribution in [3.05, 3.63) is 17.5 Å². The fourth-order valence-electron chi connectivity index (χ4n) is 2.65. The second kappa shape index (κ2) is 7.09. The highest BCUT2D eigenvalue weighted by molar-refractivity contribution is 5.86. The molecule has 114 valence electrons. The van der Waals surface area contributed by atoms with Crippen molar-refractivity contribution in [2.75, 3.05) is 6.54 Å². The minimum atomic E-state index is -0.410. The molecule has 5 nitrogen and oxygen atoms in total. The van der Waals surface area contributed by atoms with Gasteiger partial charge in [-0.15, -0.1) is 12.4 Å². The first-order chi connectivity index (χ1) is 9.05. The maximum Gasteiger partial charge on any atom is 0.240 e. The molecule has 0 saturated carbocycles. The van der Waals surface area contributed by atoms with Crippen LogP contribution in [0.5, 0.6) is 0 Å². The summed E-state index contributed by atoms with van der Waals surface area (Å²) in [5.74, 6) is 0.0955. The van der Waals surface area contributed by atoms with Crippen LogP contribution in [0.4, 0.5) is 0 Å². The first kappa shape index (κ1) is 17.0. The molecule has 0 aromatic carbocycles. The summed E-state index contributed by atoms with van der Waals surface area (Å²) in [7, 11) is 1.91. The average Bonchev–Trinajstić information content (AvgIpc) is 2.77. The number of aryl methyl sites for hydroxylation is 2. The molecule has 1 aromatic rings. The molecule has 1 amide bonds. The molecule has 2 rings (SSSR count). The summed E-state index contributed by atoms with van der Waals surface area (Å²) in [6.07, 6.45) is 6.05. The van der Waals surface area contributed by atoms with Crippen LogP contribution < -0.4 is 10.6 Å². The van der Waals surface area contributed by atoms with Gasteiger partial charge >= 0.3 is 0 Å². The van der Waals surface area contributed by atoms with E-state index in [9.17, 15) is 4.79 Å². The van der Waals surface area contributed by atoms with Gasteiger partial charge in [0, 0.05) is 25.4 Å². The third-order valence-corrected chi connectivity index (χ3v) is 3.89. The minimum Gasteiger partial charge on any atom is -0.350 e. The van der Waals surface area contributed by atoms with Crippen LogP contribution in [0.3, 0.4) is 0 Å².